The van der Waals surface area contributed by atoms with Crippen LogP contribution in [0.1, 0.15) is 45.7 Å². The van der Waals surface area contributed by atoms with Crippen molar-refractivity contribution in [2.24, 2.45) is 4.99 Å². The molecule has 6 nitrogen and oxygen atoms in total. The van der Waals surface area contributed by atoms with E-state index in [4.69, 9.17) is 14.2 Å². The van der Waals surface area contributed by atoms with E-state index < -0.39 is 0 Å². The zero-order valence-corrected chi connectivity index (χ0v) is 16.2. The fourth-order valence-corrected chi connectivity index (χ4v) is 2.35. The van der Waals surface area contributed by atoms with Gasteiger partial charge >= 0.3 is 0 Å². The molecule has 1 atom stereocenters. The van der Waals surface area contributed by atoms with Gasteiger partial charge in [-0.15, -0.1) is 0 Å². The van der Waals surface area contributed by atoms with Crippen LogP contribution in [0.25, 0.3) is 0 Å². The largest absolute Gasteiger partial charge is 0.490 e. The Hall–Kier alpha value is -1.95. The van der Waals surface area contributed by atoms with Crippen LogP contribution in [0.2, 0.25) is 0 Å². The van der Waals surface area contributed by atoms with Crippen LogP contribution in [0, 0.1) is 0 Å². The summed E-state index contributed by atoms with van der Waals surface area (Å²) in [6.45, 7) is 11.6. The molecule has 0 amide bonds. The van der Waals surface area contributed by atoms with E-state index in [1.54, 1.807) is 7.11 Å². The highest BCUT2D eigenvalue weighted by Gasteiger charge is 2.12. The van der Waals surface area contributed by atoms with Crippen LogP contribution < -0.4 is 20.1 Å². The number of guanidine groups is 1. The molecule has 0 aliphatic rings. The Morgan fingerprint density at radius 2 is 1.84 bits per heavy atom. The predicted octanol–water partition coefficient (Wildman–Crippen LogP) is 3.14. The van der Waals surface area contributed by atoms with E-state index in [2.05, 4.69) is 35.5 Å². The fourth-order valence-electron chi connectivity index (χ4n) is 2.35. The Morgan fingerprint density at radius 3 is 2.48 bits per heavy atom. The van der Waals surface area contributed by atoms with E-state index >= 15 is 0 Å². The predicted molar refractivity (Wildman–Crippen MR) is 103 cm³/mol. The molecule has 0 aliphatic heterocycles. The summed E-state index contributed by atoms with van der Waals surface area (Å²) in [5.41, 5.74) is 1.12. The first-order valence-corrected chi connectivity index (χ1v) is 9.09. The molecule has 0 aromatic heterocycles. The number of nitrogens with one attached hydrogen (secondary N) is 2. The molecule has 0 bridgehead atoms. The molecule has 0 radical (unpaired) electrons. The van der Waals surface area contributed by atoms with Gasteiger partial charge in [0.25, 0.3) is 0 Å². The third kappa shape index (κ3) is 7.65. The van der Waals surface area contributed by atoms with Gasteiger partial charge in [0.2, 0.25) is 0 Å². The van der Waals surface area contributed by atoms with Crippen molar-refractivity contribution < 1.29 is 14.2 Å². The first kappa shape index (κ1) is 21.1. The van der Waals surface area contributed by atoms with E-state index in [1.165, 1.54) is 0 Å². The maximum absolute atomic E-state index is 5.71. The molecule has 0 spiro atoms. The van der Waals surface area contributed by atoms with Gasteiger partial charge in [-0.1, -0.05) is 6.07 Å². The summed E-state index contributed by atoms with van der Waals surface area (Å²) in [5.74, 6) is 2.36. The molecule has 1 aromatic carbocycles. The Morgan fingerprint density at radius 1 is 1.12 bits per heavy atom. The maximum Gasteiger partial charge on any atom is 0.191 e. The molecule has 6 heteroatoms. The van der Waals surface area contributed by atoms with Gasteiger partial charge in [0.15, 0.2) is 17.5 Å². The minimum Gasteiger partial charge on any atom is -0.490 e. The lowest BCUT2D eigenvalue weighted by molar-refractivity contribution is 0.197. The first-order chi connectivity index (χ1) is 12.2. The number of aliphatic imine (C=N–C) groups is 1. The van der Waals surface area contributed by atoms with Crippen molar-refractivity contribution in [2.75, 3.05) is 40.0 Å². The minimum absolute atomic E-state index is 0.0927. The van der Waals surface area contributed by atoms with E-state index in [-0.39, 0.29) is 6.04 Å². The highest BCUT2D eigenvalue weighted by atomic mass is 16.5. The first-order valence-electron chi connectivity index (χ1n) is 9.09. The van der Waals surface area contributed by atoms with Crippen LogP contribution in [0.5, 0.6) is 11.5 Å². The minimum atomic E-state index is 0.0927. The van der Waals surface area contributed by atoms with E-state index in [0.717, 1.165) is 49.1 Å². The van der Waals surface area contributed by atoms with Gasteiger partial charge in [0.05, 0.1) is 19.3 Å². The zero-order chi connectivity index (χ0) is 18.5. The topological polar surface area (TPSA) is 64.1 Å². The lowest BCUT2D eigenvalue weighted by atomic mass is 10.1. The van der Waals surface area contributed by atoms with Crippen LogP contribution in [0.15, 0.2) is 23.2 Å². The second kappa shape index (κ2) is 12.4. The molecule has 25 heavy (non-hydrogen) atoms. The number of hydrogen-bond acceptors (Lipinski definition) is 4. The number of rotatable bonds is 11. The lowest BCUT2D eigenvalue weighted by Gasteiger charge is -2.20. The van der Waals surface area contributed by atoms with Crippen molar-refractivity contribution in [3.63, 3.8) is 0 Å². The Balaban J connectivity index is 2.81. The highest BCUT2D eigenvalue weighted by molar-refractivity contribution is 5.80. The van der Waals surface area contributed by atoms with Gasteiger partial charge in [-0.25, -0.2) is 0 Å². The van der Waals surface area contributed by atoms with E-state index in [1.807, 2.05) is 26.0 Å². The number of nitrogens with zero attached hydrogens (tertiary/aromatic N) is 1. The van der Waals surface area contributed by atoms with Crippen molar-refractivity contribution in [2.45, 2.75) is 40.2 Å². The summed E-state index contributed by atoms with van der Waals surface area (Å²) < 4.78 is 16.4. The zero-order valence-electron chi connectivity index (χ0n) is 16.2. The maximum atomic E-state index is 5.71. The summed E-state index contributed by atoms with van der Waals surface area (Å²) in [5, 5.41) is 6.71. The van der Waals surface area contributed by atoms with Crippen LogP contribution >= 0.6 is 0 Å². The van der Waals surface area contributed by atoms with Gasteiger partial charge < -0.3 is 24.8 Å². The molecule has 1 aromatic rings. The van der Waals surface area contributed by atoms with Gasteiger partial charge in [-0.05, 0) is 51.8 Å². The molecule has 1 rings (SSSR count). The van der Waals surface area contributed by atoms with Gasteiger partial charge in [0.1, 0.15) is 0 Å². The van der Waals surface area contributed by atoms with Crippen molar-refractivity contribution in [3.8, 4) is 11.5 Å². The monoisotopic (exact) mass is 351 g/mol. The van der Waals surface area contributed by atoms with Crippen molar-refractivity contribution in [3.05, 3.63) is 23.8 Å². The Bertz CT molecular complexity index is 521. The summed E-state index contributed by atoms with van der Waals surface area (Å²) in [6.07, 6.45) is 0.902. The average Bonchev–Trinajstić information content (AvgIpc) is 2.60. The van der Waals surface area contributed by atoms with E-state index in [0.29, 0.717) is 13.2 Å². The molecule has 2 N–H and O–H groups in total. The van der Waals surface area contributed by atoms with Crippen molar-refractivity contribution >= 4 is 5.96 Å². The van der Waals surface area contributed by atoms with Gasteiger partial charge in [-0.3, -0.25) is 4.99 Å². The van der Waals surface area contributed by atoms with Gasteiger partial charge in [-0.2, -0.15) is 0 Å². The third-order valence-electron chi connectivity index (χ3n) is 3.54. The second-order valence-corrected chi connectivity index (χ2v) is 5.55. The molecular formula is C19H33N3O3. The summed E-state index contributed by atoms with van der Waals surface area (Å²) in [4.78, 5) is 4.58. The average molecular weight is 351 g/mol. The highest BCUT2D eigenvalue weighted by Crippen LogP contribution is 2.30. The number of benzene rings is 1. The van der Waals surface area contributed by atoms with E-state index in [9.17, 15) is 0 Å². The van der Waals surface area contributed by atoms with Crippen LogP contribution in [0.4, 0.5) is 0 Å². The number of hydrogen-bond donors (Lipinski definition) is 2. The normalized spacial score (nSPS) is 12.6. The molecule has 142 valence electrons. The molecular weight excluding hydrogens is 318 g/mol. The van der Waals surface area contributed by atoms with Crippen LogP contribution in [-0.2, 0) is 4.74 Å². The van der Waals surface area contributed by atoms with Crippen molar-refractivity contribution in [1.29, 1.82) is 0 Å². The lowest BCUT2D eigenvalue weighted by Crippen LogP contribution is -2.38. The second-order valence-electron chi connectivity index (χ2n) is 5.55. The quantitative estimate of drug-likeness (QED) is 0.364. The van der Waals surface area contributed by atoms with Crippen LogP contribution in [-0.4, -0.2) is 46.0 Å². The molecule has 0 fully saturated rings. The Kier molecular flexibility index (Phi) is 10.5. The van der Waals surface area contributed by atoms with Crippen molar-refractivity contribution in [1.82, 2.24) is 10.6 Å². The summed E-state index contributed by atoms with van der Waals surface area (Å²) >= 11 is 0. The van der Waals surface area contributed by atoms with Gasteiger partial charge in [0, 0.05) is 26.8 Å². The number of methoxy groups -OCH3 is 1. The standard InChI is InChI=1S/C19H33N3O3/c1-6-20-19(21-12-9-13-23-5)22-15(4)16-10-11-17(24-7-2)18(14-16)25-8-3/h10-11,14-15H,6-9,12-13H2,1-5H3,(H2,20,21,22). The smallest absolute Gasteiger partial charge is 0.191 e. The SMILES string of the molecule is CCNC(=NCCCOC)NC(C)c1ccc(OCC)c(OCC)c1. The molecule has 1 unspecified atom stereocenters. The molecule has 0 saturated carbocycles. The summed E-state index contributed by atoms with van der Waals surface area (Å²) in [6, 6.07) is 6.14. The summed E-state index contributed by atoms with van der Waals surface area (Å²) in [7, 11) is 1.71. The third-order valence-corrected chi connectivity index (χ3v) is 3.54. The van der Waals surface area contributed by atoms with Crippen LogP contribution in [0.3, 0.4) is 0 Å². The molecule has 0 saturated heterocycles. The molecule has 0 aliphatic carbocycles. The molecule has 0 heterocycles. The number of ether oxygens (including phenoxy) is 3. The fraction of sp³-hybridized carbons (Fsp3) is 0.632. The Labute approximate surface area is 152 Å².